The summed E-state index contributed by atoms with van der Waals surface area (Å²) >= 11 is 0. The van der Waals surface area contributed by atoms with Crippen LogP contribution in [0.2, 0.25) is 0 Å². The van der Waals surface area contributed by atoms with Gasteiger partial charge < -0.3 is 20.1 Å². The van der Waals surface area contributed by atoms with Crippen molar-refractivity contribution < 1.29 is 24.2 Å². The molecule has 0 saturated heterocycles. The molecule has 0 bridgehead atoms. The summed E-state index contributed by atoms with van der Waals surface area (Å²) in [5, 5.41) is 11.7. The molecule has 1 aliphatic heterocycles. The van der Waals surface area contributed by atoms with Gasteiger partial charge in [-0.25, -0.2) is 4.79 Å². The van der Waals surface area contributed by atoms with Crippen LogP contribution in [0.5, 0.6) is 0 Å². The van der Waals surface area contributed by atoms with Crippen LogP contribution in [-0.2, 0) is 32.1 Å². The van der Waals surface area contributed by atoms with Gasteiger partial charge in [-0.1, -0.05) is 38.1 Å². The second kappa shape index (κ2) is 8.80. The molecular weight excluding hydrogens is 336 g/mol. The van der Waals surface area contributed by atoms with E-state index < -0.39 is 24.0 Å². The van der Waals surface area contributed by atoms with E-state index in [4.69, 9.17) is 4.74 Å². The van der Waals surface area contributed by atoms with Gasteiger partial charge in [-0.15, -0.1) is 0 Å². The Morgan fingerprint density at radius 3 is 2.50 bits per heavy atom. The number of nitrogens with zero attached hydrogens (tertiary/aromatic N) is 1. The van der Waals surface area contributed by atoms with E-state index in [2.05, 4.69) is 5.32 Å². The number of ether oxygens (including phenoxy) is 1. The first-order chi connectivity index (χ1) is 12.3. The standard InChI is InChI=1S/C19H26N2O5/c1-12(2)8-17(22)21-10-14-7-5-4-6-13(14)9-16(21)18(23)20-15(11-26-3)19(24)25/h4-7,12,15-16H,8-11H2,1-3H3,(H,20,23)(H,24,25). The SMILES string of the molecule is COCC(NC(=O)C1Cc2ccccc2CN1C(=O)CC(C)C)C(=O)O. The maximum atomic E-state index is 12.8. The van der Waals surface area contributed by atoms with Gasteiger partial charge in [0.25, 0.3) is 0 Å². The molecule has 1 aromatic carbocycles. The molecule has 7 heteroatoms. The van der Waals surface area contributed by atoms with E-state index in [-0.39, 0.29) is 18.4 Å². The minimum absolute atomic E-state index is 0.103. The number of carbonyl (C=O) groups is 3. The molecule has 0 aliphatic carbocycles. The molecule has 2 amide bonds. The zero-order valence-electron chi connectivity index (χ0n) is 15.4. The molecule has 0 saturated carbocycles. The molecule has 7 nitrogen and oxygen atoms in total. The molecule has 0 aromatic heterocycles. The van der Waals surface area contributed by atoms with E-state index in [9.17, 15) is 19.5 Å². The van der Waals surface area contributed by atoms with E-state index in [0.29, 0.717) is 19.4 Å². The molecule has 2 unspecified atom stereocenters. The number of hydrogen-bond acceptors (Lipinski definition) is 4. The van der Waals surface area contributed by atoms with Gasteiger partial charge in [-0.2, -0.15) is 0 Å². The van der Waals surface area contributed by atoms with Crippen molar-refractivity contribution in [1.82, 2.24) is 10.2 Å². The lowest BCUT2D eigenvalue weighted by molar-refractivity contribution is -0.146. The number of carboxylic acids is 1. The number of amides is 2. The number of nitrogens with one attached hydrogen (secondary N) is 1. The lowest BCUT2D eigenvalue weighted by Gasteiger charge is -2.37. The number of aliphatic carboxylic acids is 1. The van der Waals surface area contributed by atoms with Crippen LogP contribution >= 0.6 is 0 Å². The summed E-state index contributed by atoms with van der Waals surface area (Å²) in [6.45, 7) is 4.11. The Hall–Kier alpha value is -2.41. The lowest BCUT2D eigenvalue weighted by Crippen LogP contribution is -2.56. The van der Waals surface area contributed by atoms with Crippen LogP contribution in [0.4, 0.5) is 0 Å². The van der Waals surface area contributed by atoms with Gasteiger partial charge in [0.1, 0.15) is 6.04 Å². The maximum absolute atomic E-state index is 12.8. The third-order valence-corrected chi connectivity index (χ3v) is 4.40. The normalized spacial score (nSPS) is 17.5. The van der Waals surface area contributed by atoms with Gasteiger partial charge in [0, 0.05) is 26.5 Å². The Bertz CT molecular complexity index is 674. The smallest absolute Gasteiger partial charge is 0.328 e. The fraction of sp³-hybridized carbons (Fsp3) is 0.526. The van der Waals surface area contributed by atoms with Gasteiger partial charge in [0.05, 0.1) is 6.61 Å². The van der Waals surface area contributed by atoms with Crippen molar-refractivity contribution in [1.29, 1.82) is 0 Å². The second-order valence-electron chi connectivity index (χ2n) is 6.96. The van der Waals surface area contributed by atoms with E-state index in [1.807, 2.05) is 38.1 Å². The third-order valence-electron chi connectivity index (χ3n) is 4.40. The number of benzene rings is 1. The monoisotopic (exact) mass is 362 g/mol. The van der Waals surface area contributed by atoms with Crippen molar-refractivity contribution in [2.45, 2.75) is 45.3 Å². The zero-order valence-corrected chi connectivity index (χ0v) is 15.4. The molecule has 142 valence electrons. The molecule has 2 N–H and O–H groups in total. The number of methoxy groups -OCH3 is 1. The van der Waals surface area contributed by atoms with Gasteiger partial charge in [-0.3, -0.25) is 9.59 Å². The summed E-state index contributed by atoms with van der Waals surface area (Å²) < 4.78 is 4.86. The highest BCUT2D eigenvalue weighted by molar-refractivity contribution is 5.91. The summed E-state index contributed by atoms with van der Waals surface area (Å²) in [6, 6.07) is 5.81. The first-order valence-corrected chi connectivity index (χ1v) is 8.71. The predicted molar refractivity (Wildman–Crippen MR) is 95.4 cm³/mol. The molecule has 0 radical (unpaired) electrons. The summed E-state index contributed by atoms with van der Waals surface area (Å²) in [5.41, 5.74) is 2.01. The number of hydrogen-bond donors (Lipinski definition) is 2. The Balaban J connectivity index is 2.24. The molecule has 0 spiro atoms. The first-order valence-electron chi connectivity index (χ1n) is 8.71. The average molecular weight is 362 g/mol. The van der Waals surface area contributed by atoms with Gasteiger partial charge >= 0.3 is 5.97 Å². The Morgan fingerprint density at radius 2 is 1.92 bits per heavy atom. The van der Waals surface area contributed by atoms with Crippen LogP contribution in [0.3, 0.4) is 0 Å². The average Bonchev–Trinajstić information content (AvgIpc) is 2.59. The summed E-state index contributed by atoms with van der Waals surface area (Å²) in [7, 11) is 1.37. The summed E-state index contributed by atoms with van der Waals surface area (Å²) in [5.74, 6) is -1.57. The van der Waals surface area contributed by atoms with Gasteiger partial charge in [0.15, 0.2) is 6.04 Å². The van der Waals surface area contributed by atoms with E-state index >= 15 is 0 Å². The minimum atomic E-state index is -1.17. The quantitative estimate of drug-likeness (QED) is 0.760. The van der Waals surface area contributed by atoms with E-state index in [0.717, 1.165) is 11.1 Å². The number of carbonyl (C=O) groups excluding carboxylic acids is 2. The van der Waals surface area contributed by atoms with Crippen molar-refractivity contribution in [3.8, 4) is 0 Å². The molecule has 0 fully saturated rings. The molecule has 26 heavy (non-hydrogen) atoms. The van der Waals surface area contributed by atoms with Crippen molar-refractivity contribution >= 4 is 17.8 Å². The van der Waals surface area contributed by atoms with Crippen LogP contribution in [0, 0.1) is 5.92 Å². The first kappa shape index (κ1) is 19.9. The maximum Gasteiger partial charge on any atom is 0.328 e. The van der Waals surface area contributed by atoms with E-state index in [1.165, 1.54) is 7.11 Å². The summed E-state index contributed by atoms with van der Waals surface area (Å²) in [4.78, 5) is 38.3. The predicted octanol–water partition coefficient (Wildman–Crippen LogP) is 1.20. The fourth-order valence-electron chi connectivity index (χ4n) is 3.10. The molecule has 1 heterocycles. The highest BCUT2D eigenvalue weighted by atomic mass is 16.5. The van der Waals surface area contributed by atoms with Crippen LogP contribution < -0.4 is 5.32 Å². The molecular formula is C19H26N2O5. The number of fused-ring (bicyclic) bond motifs is 1. The van der Waals surface area contributed by atoms with E-state index in [1.54, 1.807) is 4.90 Å². The highest BCUT2D eigenvalue weighted by Crippen LogP contribution is 2.25. The Kier molecular flexibility index (Phi) is 6.74. The zero-order chi connectivity index (χ0) is 19.3. The van der Waals surface area contributed by atoms with Crippen LogP contribution in [0.15, 0.2) is 24.3 Å². The van der Waals surface area contributed by atoms with Crippen LogP contribution in [0.1, 0.15) is 31.4 Å². The van der Waals surface area contributed by atoms with Gasteiger partial charge in [-0.05, 0) is 17.0 Å². The number of carboxylic acid groups (broad SMARTS) is 1. The van der Waals surface area contributed by atoms with Crippen LogP contribution in [-0.4, -0.2) is 53.6 Å². The van der Waals surface area contributed by atoms with Crippen molar-refractivity contribution in [2.24, 2.45) is 5.92 Å². The highest BCUT2D eigenvalue weighted by Gasteiger charge is 2.36. The molecule has 2 atom stereocenters. The van der Waals surface area contributed by atoms with Crippen molar-refractivity contribution in [3.05, 3.63) is 35.4 Å². The minimum Gasteiger partial charge on any atom is -0.480 e. The topological polar surface area (TPSA) is 95.9 Å². The van der Waals surface area contributed by atoms with Gasteiger partial charge in [0.2, 0.25) is 11.8 Å². The fourth-order valence-corrected chi connectivity index (χ4v) is 3.10. The second-order valence-corrected chi connectivity index (χ2v) is 6.96. The Morgan fingerprint density at radius 1 is 1.27 bits per heavy atom. The molecule has 1 aromatic rings. The number of rotatable bonds is 7. The van der Waals surface area contributed by atoms with Crippen molar-refractivity contribution in [2.75, 3.05) is 13.7 Å². The Labute approximate surface area is 153 Å². The largest absolute Gasteiger partial charge is 0.480 e. The molecule has 1 aliphatic rings. The summed E-state index contributed by atoms with van der Waals surface area (Å²) in [6.07, 6.45) is 0.706. The molecule has 2 rings (SSSR count). The van der Waals surface area contributed by atoms with Crippen molar-refractivity contribution in [3.63, 3.8) is 0 Å². The third kappa shape index (κ3) is 4.82. The van der Waals surface area contributed by atoms with Crippen LogP contribution in [0.25, 0.3) is 0 Å². The lowest BCUT2D eigenvalue weighted by atomic mass is 9.92.